The van der Waals surface area contributed by atoms with Gasteiger partial charge in [0.05, 0.1) is 11.6 Å². The lowest BCUT2D eigenvalue weighted by molar-refractivity contribution is -0.156. The Balaban J connectivity index is 2.80. The van der Waals surface area contributed by atoms with Gasteiger partial charge in [0.1, 0.15) is 10.3 Å². The van der Waals surface area contributed by atoms with Gasteiger partial charge in [-0.1, -0.05) is 11.8 Å². The Morgan fingerprint density at radius 1 is 1.37 bits per heavy atom. The average molecular weight is 322 g/mol. The van der Waals surface area contributed by atoms with Gasteiger partial charge >= 0.3 is 5.97 Å². The summed E-state index contributed by atoms with van der Waals surface area (Å²) < 4.78 is 5.61. The lowest BCUT2D eigenvalue weighted by Crippen LogP contribution is -2.36. The number of carbonyl (C=O) groups is 1. The maximum Gasteiger partial charge on any atom is 0.322 e. The minimum absolute atomic E-state index is 0.231. The van der Waals surface area contributed by atoms with Gasteiger partial charge in [0.2, 0.25) is 0 Å². The Bertz CT molecular complexity index is 464. The van der Waals surface area contributed by atoms with E-state index >= 15 is 0 Å². The van der Waals surface area contributed by atoms with Crippen LogP contribution in [0.1, 0.15) is 45.2 Å². The number of nitrogens with zero attached hydrogens (tertiary/aromatic N) is 1. The van der Waals surface area contributed by atoms with Crippen LogP contribution in [0.2, 0.25) is 0 Å². The quantitative estimate of drug-likeness (QED) is 0.468. The van der Waals surface area contributed by atoms with Gasteiger partial charge < -0.3 is 4.74 Å². The zero-order chi connectivity index (χ0) is 14.8. The number of aryl methyl sites for hydroxylation is 1. The molecule has 0 unspecified atom stereocenters. The maximum absolute atomic E-state index is 12.2. The predicted molar refractivity (Wildman–Crippen MR) is 82.2 cm³/mol. The van der Waals surface area contributed by atoms with Crippen LogP contribution in [-0.2, 0) is 15.4 Å². The number of thiazole rings is 1. The van der Waals surface area contributed by atoms with Crippen LogP contribution in [0.5, 0.6) is 0 Å². The van der Waals surface area contributed by atoms with Gasteiger partial charge in [-0.2, -0.15) is 0 Å². The third kappa shape index (κ3) is 4.97. The average Bonchev–Trinajstić information content (AvgIpc) is 2.55. The van der Waals surface area contributed by atoms with Crippen LogP contribution in [0.3, 0.4) is 0 Å². The van der Waals surface area contributed by atoms with E-state index < -0.39 is 10.3 Å². The van der Waals surface area contributed by atoms with E-state index in [4.69, 9.17) is 16.3 Å². The molecule has 0 fully saturated rings. The second-order valence-corrected chi connectivity index (χ2v) is 9.07. The first kappa shape index (κ1) is 16.8. The monoisotopic (exact) mass is 321 g/mol. The lowest BCUT2D eigenvalue weighted by Gasteiger charge is -2.27. The van der Waals surface area contributed by atoms with E-state index in [-0.39, 0.29) is 5.97 Å². The van der Waals surface area contributed by atoms with E-state index in [1.54, 1.807) is 11.3 Å². The molecule has 0 saturated heterocycles. The van der Waals surface area contributed by atoms with Crippen LogP contribution in [0.15, 0.2) is 4.34 Å². The van der Waals surface area contributed by atoms with E-state index in [2.05, 4.69) is 4.98 Å². The molecule has 0 aromatic carbocycles. The van der Waals surface area contributed by atoms with Crippen molar-refractivity contribution in [3.8, 4) is 0 Å². The zero-order valence-corrected chi connectivity index (χ0v) is 14.6. The van der Waals surface area contributed by atoms with Crippen LogP contribution in [0.25, 0.3) is 0 Å². The van der Waals surface area contributed by atoms with Crippen molar-refractivity contribution in [2.45, 2.75) is 62.1 Å². The number of aromatic nitrogens is 1. The minimum Gasteiger partial charge on any atom is -0.459 e. The van der Waals surface area contributed by atoms with Crippen molar-refractivity contribution in [2.75, 3.05) is 0 Å². The number of rotatable bonds is 4. The smallest absolute Gasteiger partial charge is 0.322 e. The fourth-order valence-corrected chi connectivity index (χ4v) is 4.11. The van der Waals surface area contributed by atoms with E-state index in [0.717, 1.165) is 14.9 Å². The Hall–Kier alpha value is -0.260. The van der Waals surface area contributed by atoms with E-state index in [1.165, 1.54) is 11.8 Å². The fraction of sp³-hybridized carbons (Fsp3) is 0.692. The molecule has 19 heavy (non-hydrogen) atoms. The standard InChI is InChI=1S/C13H20ClNO2S2/c1-8-9(7-14)15-11(18-8)19-13(5,6)10(16)17-12(2,3)4/h7H2,1-6H3. The Morgan fingerprint density at radius 2 is 1.95 bits per heavy atom. The third-order valence-corrected chi connectivity index (χ3v) is 4.74. The Morgan fingerprint density at radius 3 is 2.37 bits per heavy atom. The topological polar surface area (TPSA) is 39.2 Å². The molecule has 0 aliphatic heterocycles. The first-order valence-electron chi connectivity index (χ1n) is 6.00. The summed E-state index contributed by atoms with van der Waals surface area (Å²) in [6, 6.07) is 0. The second-order valence-electron chi connectivity index (χ2n) is 5.73. The SMILES string of the molecule is Cc1sc(SC(C)(C)C(=O)OC(C)(C)C)nc1CCl. The molecule has 1 heterocycles. The van der Waals surface area contributed by atoms with Crippen molar-refractivity contribution < 1.29 is 9.53 Å². The van der Waals surface area contributed by atoms with Crippen LogP contribution in [0, 0.1) is 6.92 Å². The number of hydrogen-bond donors (Lipinski definition) is 0. The molecule has 6 heteroatoms. The molecule has 108 valence electrons. The molecule has 0 N–H and O–H groups in total. The van der Waals surface area contributed by atoms with Gasteiger partial charge in [-0.3, -0.25) is 4.79 Å². The highest BCUT2D eigenvalue weighted by Crippen LogP contribution is 2.38. The number of alkyl halides is 1. The number of esters is 1. The summed E-state index contributed by atoms with van der Waals surface area (Å²) in [4.78, 5) is 17.7. The summed E-state index contributed by atoms with van der Waals surface area (Å²) in [6.07, 6.45) is 0. The summed E-state index contributed by atoms with van der Waals surface area (Å²) >= 11 is 8.79. The molecule has 1 rings (SSSR count). The lowest BCUT2D eigenvalue weighted by atomic mass is 10.1. The largest absolute Gasteiger partial charge is 0.459 e. The number of hydrogen-bond acceptors (Lipinski definition) is 5. The highest BCUT2D eigenvalue weighted by molar-refractivity contribution is 8.03. The molecule has 1 aromatic rings. The molecule has 0 amide bonds. The molecule has 0 radical (unpaired) electrons. The van der Waals surface area contributed by atoms with Gasteiger partial charge in [-0.25, -0.2) is 4.98 Å². The summed E-state index contributed by atoms with van der Waals surface area (Å²) in [5.74, 6) is 0.167. The Labute approximate surface area is 128 Å². The van der Waals surface area contributed by atoms with Crippen molar-refractivity contribution in [3.63, 3.8) is 0 Å². The maximum atomic E-state index is 12.2. The van der Waals surface area contributed by atoms with Gasteiger partial charge in [0.15, 0.2) is 4.34 Å². The molecule has 0 spiro atoms. The molecule has 0 aliphatic rings. The number of thioether (sulfide) groups is 1. The number of halogens is 1. The minimum atomic E-state index is -0.666. The molecule has 0 aliphatic carbocycles. The molecule has 1 aromatic heterocycles. The molecule has 3 nitrogen and oxygen atoms in total. The van der Waals surface area contributed by atoms with E-state index in [9.17, 15) is 4.79 Å². The highest BCUT2D eigenvalue weighted by Gasteiger charge is 2.34. The Kier molecular flexibility index (Phi) is 5.32. The van der Waals surface area contributed by atoms with Crippen LogP contribution in [0.4, 0.5) is 0 Å². The first-order valence-corrected chi connectivity index (χ1v) is 8.16. The molecule has 0 bridgehead atoms. The predicted octanol–water partition coefficient (Wildman–Crippen LogP) is 4.40. The molecule has 0 saturated carbocycles. The van der Waals surface area contributed by atoms with Gasteiger partial charge in [0.25, 0.3) is 0 Å². The van der Waals surface area contributed by atoms with Crippen molar-refractivity contribution in [3.05, 3.63) is 10.6 Å². The summed E-state index contributed by atoms with van der Waals surface area (Å²) in [7, 11) is 0. The zero-order valence-electron chi connectivity index (χ0n) is 12.2. The normalized spacial score (nSPS) is 12.6. The van der Waals surface area contributed by atoms with Gasteiger partial charge in [-0.05, 0) is 41.5 Å². The fourth-order valence-electron chi connectivity index (χ4n) is 1.23. The van der Waals surface area contributed by atoms with Gasteiger partial charge in [0, 0.05) is 4.88 Å². The molecule has 0 atom stereocenters. The summed E-state index contributed by atoms with van der Waals surface area (Å²) in [5.41, 5.74) is 0.406. The van der Waals surface area contributed by atoms with Crippen molar-refractivity contribution in [2.24, 2.45) is 0 Å². The summed E-state index contributed by atoms with van der Waals surface area (Å²) in [5, 5.41) is 0. The highest BCUT2D eigenvalue weighted by atomic mass is 35.5. The summed E-state index contributed by atoms with van der Waals surface area (Å²) in [6.45, 7) is 11.3. The van der Waals surface area contributed by atoms with Crippen LogP contribution < -0.4 is 0 Å². The first-order chi connectivity index (χ1) is 8.55. The number of carbonyl (C=O) groups excluding carboxylic acids is 1. The van der Waals surface area contributed by atoms with E-state index in [1.807, 2.05) is 41.5 Å². The number of ether oxygens (including phenoxy) is 1. The van der Waals surface area contributed by atoms with Crippen molar-refractivity contribution in [1.82, 2.24) is 4.98 Å². The van der Waals surface area contributed by atoms with Crippen LogP contribution in [-0.4, -0.2) is 21.3 Å². The van der Waals surface area contributed by atoms with E-state index in [0.29, 0.717) is 5.88 Å². The van der Waals surface area contributed by atoms with Crippen molar-refractivity contribution >= 4 is 40.7 Å². The van der Waals surface area contributed by atoms with Crippen molar-refractivity contribution in [1.29, 1.82) is 0 Å². The second kappa shape index (κ2) is 6.02. The third-order valence-electron chi connectivity index (χ3n) is 2.23. The van der Waals surface area contributed by atoms with Gasteiger partial charge in [-0.15, -0.1) is 22.9 Å². The molecular formula is C13H20ClNO2S2. The van der Waals surface area contributed by atoms with Crippen LogP contribution >= 0.6 is 34.7 Å². The molecular weight excluding hydrogens is 302 g/mol.